The van der Waals surface area contributed by atoms with Gasteiger partial charge in [-0.15, -0.1) is 0 Å². The van der Waals surface area contributed by atoms with Crippen molar-refractivity contribution in [2.75, 3.05) is 6.61 Å². The molecule has 0 saturated heterocycles. The highest BCUT2D eigenvalue weighted by Gasteiger charge is 2.30. The van der Waals surface area contributed by atoms with Gasteiger partial charge in [0, 0.05) is 0 Å². The van der Waals surface area contributed by atoms with Gasteiger partial charge in [0.15, 0.2) is 6.17 Å². The van der Waals surface area contributed by atoms with Gasteiger partial charge in [-0.1, -0.05) is 32.4 Å². The van der Waals surface area contributed by atoms with Crippen LogP contribution in [-0.2, 0) is 9.53 Å². The molecule has 0 spiro atoms. The second-order valence-corrected chi connectivity index (χ2v) is 8.89. The fourth-order valence-electron chi connectivity index (χ4n) is 4.40. The fraction of sp³-hybridized carbons (Fsp3) is 0.680. The highest BCUT2D eigenvalue weighted by Crippen LogP contribution is 2.33. The van der Waals surface area contributed by atoms with Crippen LogP contribution in [0.3, 0.4) is 0 Å². The molecule has 0 unspecified atom stereocenters. The third-order valence-corrected chi connectivity index (χ3v) is 6.72. The fourth-order valence-corrected chi connectivity index (χ4v) is 4.40. The van der Waals surface area contributed by atoms with E-state index in [4.69, 9.17) is 9.47 Å². The van der Waals surface area contributed by atoms with E-state index in [1.54, 1.807) is 6.92 Å². The van der Waals surface area contributed by atoms with Crippen molar-refractivity contribution in [1.29, 1.82) is 0 Å². The highest BCUT2D eigenvalue weighted by atomic mass is 19.1. The van der Waals surface area contributed by atoms with E-state index in [1.165, 1.54) is 31.2 Å². The smallest absolute Gasteiger partial charge is 0.341 e. The zero-order valence-electron chi connectivity index (χ0n) is 17.9. The van der Waals surface area contributed by atoms with Crippen LogP contribution in [0.4, 0.5) is 4.39 Å². The van der Waals surface area contributed by atoms with E-state index >= 15 is 0 Å². The first-order chi connectivity index (χ1) is 14.1. The lowest BCUT2D eigenvalue weighted by molar-refractivity contribution is -0.159. The van der Waals surface area contributed by atoms with Crippen molar-refractivity contribution in [1.82, 2.24) is 0 Å². The molecule has 0 bridgehead atoms. The third-order valence-electron chi connectivity index (χ3n) is 6.72. The molecule has 3 rings (SSSR count). The van der Waals surface area contributed by atoms with Crippen LogP contribution in [0.5, 0.6) is 5.75 Å². The average molecular weight is 404 g/mol. The van der Waals surface area contributed by atoms with Crippen LogP contribution < -0.4 is 4.74 Å². The Hall–Kier alpha value is -1.58. The molecule has 0 N–H and O–H groups in total. The van der Waals surface area contributed by atoms with Gasteiger partial charge in [0.1, 0.15) is 11.9 Å². The Morgan fingerprint density at radius 3 is 2.34 bits per heavy atom. The molecule has 2 aliphatic carbocycles. The summed E-state index contributed by atoms with van der Waals surface area (Å²) >= 11 is 0. The minimum atomic E-state index is -1.50. The summed E-state index contributed by atoms with van der Waals surface area (Å²) in [6, 6.07) is 8.62. The first kappa shape index (κ1) is 22.1. The second kappa shape index (κ2) is 11.0. The molecule has 161 valence electrons. The van der Waals surface area contributed by atoms with Crippen LogP contribution in [0.15, 0.2) is 24.3 Å². The Morgan fingerprint density at radius 2 is 1.72 bits per heavy atom. The van der Waals surface area contributed by atoms with E-state index in [1.807, 2.05) is 6.92 Å². The van der Waals surface area contributed by atoms with E-state index in [2.05, 4.69) is 30.7 Å². The molecule has 2 atom stereocenters. The van der Waals surface area contributed by atoms with E-state index in [-0.39, 0.29) is 12.0 Å². The molecule has 4 heteroatoms. The number of hydrogen-bond donors (Lipinski definition) is 0. The predicted octanol–water partition coefficient (Wildman–Crippen LogP) is 6.41. The maximum absolute atomic E-state index is 14.0. The van der Waals surface area contributed by atoms with Crippen LogP contribution in [0.2, 0.25) is 0 Å². The first-order valence-electron chi connectivity index (χ1n) is 11.5. The molecule has 1 radical (unpaired) electrons. The minimum Gasteiger partial charge on any atom is -0.493 e. The van der Waals surface area contributed by atoms with Gasteiger partial charge in [0.2, 0.25) is 0 Å². The molecule has 0 aromatic heterocycles. The Balaban J connectivity index is 1.37. The van der Waals surface area contributed by atoms with Crippen molar-refractivity contribution in [3.05, 3.63) is 36.2 Å². The SMILES string of the molecule is CC[C@H](C)[C@H](F)C(=O)OC1CCC(COc2ccc(C3CC[CH]CC3)cc2)CC1. The number of hydrogen-bond acceptors (Lipinski definition) is 3. The van der Waals surface area contributed by atoms with Crippen LogP contribution in [-0.4, -0.2) is 24.9 Å². The van der Waals surface area contributed by atoms with Crippen LogP contribution in [0, 0.1) is 18.3 Å². The van der Waals surface area contributed by atoms with Crippen LogP contribution in [0.25, 0.3) is 0 Å². The molecule has 1 aromatic rings. The lowest BCUT2D eigenvalue weighted by Crippen LogP contribution is -2.32. The Kier molecular flexibility index (Phi) is 8.38. The highest BCUT2D eigenvalue weighted by molar-refractivity contribution is 5.75. The average Bonchev–Trinajstić information content (AvgIpc) is 2.78. The standard InChI is InChI=1S/C25H36FO3/c1-3-18(2)24(26)25(27)29-23-13-9-19(10-14-23)17-28-22-15-11-21(12-16-22)20-7-5-4-6-8-20/h4,11-12,15-16,18-20,23-24H,3,5-10,13-14,17H2,1-2H3/t18-,19?,23?,24-/m0/s1. The van der Waals surface area contributed by atoms with Crippen molar-refractivity contribution in [2.45, 2.75) is 89.8 Å². The quantitative estimate of drug-likeness (QED) is 0.470. The topological polar surface area (TPSA) is 35.5 Å². The maximum atomic E-state index is 14.0. The van der Waals surface area contributed by atoms with E-state index < -0.39 is 12.1 Å². The van der Waals surface area contributed by atoms with Gasteiger partial charge in [-0.3, -0.25) is 0 Å². The Morgan fingerprint density at radius 1 is 1.07 bits per heavy atom. The van der Waals surface area contributed by atoms with Gasteiger partial charge in [-0.2, -0.15) is 0 Å². The minimum absolute atomic E-state index is 0.145. The molecule has 3 nitrogen and oxygen atoms in total. The third kappa shape index (κ3) is 6.45. The number of halogens is 1. The van der Waals surface area contributed by atoms with E-state index in [0.717, 1.165) is 31.4 Å². The summed E-state index contributed by atoms with van der Waals surface area (Å²) in [5, 5.41) is 0. The number of alkyl halides is 1. The summed E-state index contributed by atoms with van der Waals surface area (Å²) in [7, 11) is 0. The van der Waals surface area contributed by atoms with Gasteiger partial charge in [0.05, 0.1) is 6.61 Å². The van der Waals surface area contributed by atoms with Crippen LogP contribution in [0.1, 0.15) is 83.1 Å². The molecule has 0 amide bonds. The maximum Gasteiger partial charge on any atom is 0.341 e. The molecular weight excluding hydrogens is 367 g/mol. The normalized spacial score (nSPS) is 25.2. The lowest BCUT2D eigenvalue weighted by atomic mass is 9.84. The van der Waals surface area contributed by atoms with Gasteiger partial charge >= 0.3 is 5.97 Å². The number of carbonyl (C=O) groups excluding carboxylic acids is 1. The molecule has 2 saturated carbocycles. The van der Waals surface area contributed by atoms with Crippen molar-refractivity contribution in [2.24, 2.45) is 11.8 Å². The van der Waals surface area contributed by atoms with Gasteiger partial charge in [-0.25, -0.2) is 9.18 Å². The summed E-state index contributed by atoms with van der Waals surface area (Å²) in [5.41, 5.74) is 1.43. The second-order valence-electron chi connectivity index (χ2n) is 8.89. The number of rotatable bonds is 8. The van der Waals surface area contributed by atoms with Crippen molar-refractivity contribution < 1.29 is 18.7 Å². The summed E-state index contributed by atoms with van der Waals surface area (Å²) in [6.45, 7) is 4.33. The first-order valence-corrected chi connectivity index (χ1v) is 11.5. The molecule has 1 aromatic carbocycles. The number of ether oxygens (including phenoxy) is 2. The largest absolute Gasteiger partial charge is 0.493 e. The summed E-state index contributed by atoms with van der Waals surface area (Å²) in [5.74, 6) is 1.12. The van der Waals surface area contributed by atoms with E-state index in [9.17, 15) is 9.18 Å². The number of benzene rings is 1. The summed E-state index contributed by atoms with van der Waals surface area (Å²) in [4.78, 5) is 11.9. The summed E-state index contributed by atoms with van der Waals surface area (Å²) in [6.07, 6.45) is 9.85. The lowest BCUT2D eigenvalue weighted by Gasteiger charge is -2.29. The molecule has 2 fully saturated rings. The van der Waals surface area contributed by atoms with Gasteiger partial charge in [0.25, 0.3) is 0 Å². The monoisotopic (exact) mass is 403 g/mol. The predicted molar refractivity (Wildman–Crippen MR) is 114 cm³/mol. The molecule has 0 heterocycles. The van der Waals surface area contributed by atoms with Crippen molar-refractivity contribution in [3.8, 4) is 5.75 Å². The summed E-state index contributed by atoms with van der Waals surface area (Å²) < 4.78 is 25.4. The Bertz CT molecular complexity index is 615. The molecule has 2 aliphatic rings. The molecule has 0 aliphatic heterocycles. The van der Waals surface area contributed by atoms with Crippen LogP contribution >= 0.6 is 0 Å². The van der Waals surface area contributed by atoms with Crippen molar-refractivity contribution in [3.63, 3.8) is 0 Å². The molecule has 29 heavy (non-hydrogen) atoms. The van der Waals surface area contributed by atoms with Crippen molar-refractivity contribution >= 4 is 5.97 Å². The molecular formula is C25H36FO3. The number of esters is 1. The Labute approximate surface area is 175 Å². The van der Waals surface area contributed by atoms with Gasteiger partial charge in [-0.05, 0) is 93.2 Å². The van der Waals surface area contributed by atoms with E-state index in [0.29, 0.717) is 24.9 Å². The zero-order valence-corrected chi connectivity index (χ0v) is 17.9. The van der Waals surface area contributed by atoms with Gasteiger partial charge < -0.3 is 9.47 Å². The number of carbonyl (C=O) groups is 1. The zero-order chi connectivity index (χ0) is 20.6.